The number of hydrogen-bond acceptors (Lipinski definition) is 21. The van der Waals surface area contributed by atoms with Gasteiger partial charge in [0.1, 0.15) is 53.7 Å². The van der Waals surface area contributed by atoms with Gasteiger partial charge in [-0.1, -0.05) is 36.4 Å². The zero-order chi connectivity index (χ0) is 60.9. The van der Waals surface area contributed by atoms with Gasteiger partial charge in [0, 0.05) is 36.7 Å². The number of halogens is 2. The Balaban J connectivity index is 0.000000238. The van der Waals surface area contributed by atoms with Crippen LogP contribution in [0, 0.1) is 10.1 Å². The lowest BCUT2D eigenvalue weighted by Crippen LogP contribution is -2.43. The van der Waals surface area contributed by atoms with Gasteiger partial charge in [-0.3, -0.25) is 52.9 Å². The van der Waals surface area contributed by atoms with Crippen LogP contribution in [0.3, 0.4) is 0 Å². The zero-order valence-electron chi connectivity index (χ0n) is 45.3. The molecule has 0 unspecified atom stereocenters. The van der Waals surface area contributed by atoms with Crippen LogP contribution in [0.15, 0.2) is 129 Å². The summed E-state index contributed by atoms with van der Waals surface area (Å²) >= 11 is 0. The molecular weight excluding hydrogens is 1130 g/mol. The number of para-hydroxylation sites is 2. The molecule has 0 amide bonds. The molecule has 28 nitrogen and oxygen atoms in total. The third-order valence-corrected chi connectivity index (χ3v) is 14.8. The van der Waals surface area contributed by atoms with Crippen LogP contribution in [0.4, 0.5) is 14.5 Å². The Kier molecular flexibility index (Phi) is 22.5. The van der Waals surface area contributed by atoms with Crippen LogP contribution in [-0.4, -0.2) is 125 Å². The topological polar surface area (TPSA) is 380 Å². The summed E-state index contributed by atoms with van der Waals surface area (Å²) in [7, 11) is -8.38. The van der Waals surface area contributed by atoms with Gasteiger partial charge in [0.15, 0.2) is 23.8 Å². The maximum absolute atomic E-state index is 15.4. The van der Waals surface area contributed by atoms with Crippen LogP contribution in [0.1, 0.15) is 67.8 Å². The van der Waals surface area contributed by atoms with Crippen LogP contribution >= 0.6 is 15.5 Å². The maximum atomic E-state index is 15.4. The van der Waals surface area contributed by atoms with E-state index in [9.17, 15) is 62.6 Å². The number of alkyl halides is 2. The van der Waals surface area contributed by atoms with Crippen LogP contribution in [0.5, 0.6) is 17.2 Å². The second-order valence-electron chi connectivity index (χ2n) is 19.1. The van der Waals surface area contributed by atoms with Crippen molar-refractivity contribution >= 4 is 33.1 Å². The van der Waals surface area contributed by atoms with Crippen molar-refractivity contribution in [2.24, 2.45) is 0 Å². The predicted octanol–water partition coefficient (Wildman–Crippen LogP) is 4.26. The molecule has 3 aromatic carbocycles. The number of carbonyl (C=O) groups is 2. The van der Waals surface area contributed by atoms with Gasteiger partial charge in [-0.25, -0.2) is 27.5 Å². The van der Waals surface area contributed by atoms with E-state index < -0.39 is 134 Å². The number of nitrogens with one attached hydrogen (secondary N) is 4. The minimum atomic E-state index is -4.30. The number of rotatable bonds is 21. The molecule has 7 N–H and O–H groups in total. The van der Waals surface area contributed by atoms with E-state index in [4.69, 9.17) is 42.1 Å². The molecule has 0 saturated carbocycles. The Labute approximate surface area is 465 Å². The van der Waals surface area contributed by atoms with Crippen LogP contribution in [0.2, 0.25) is 0 Å². The number of carbonyl (C=O) groups excluding carboxylic acids is 2. The molecule has 12 atom stereocenters. The number of aromatic amines is 2. The highest BCUT2D eigenvalue weighted by Crippen LogP contribution is 2.48. The van der Waals surface area contributed by atoms with Gasteiger partial charge in [-0.15, -0.1) is 0 Å². The van der Waals surface area contributed by atoms with E-state index in [1.54, 1.807) is 76.2 Å². The van der Waals surface area contributed by atoms with Gasteiger partial charge in [0.05, 0.1) is 30.3 Å². The SMILES string of the molecule is CC(C)OC(=O)[C@H](C)N[P@@](=O)(OC[C@H]1O[C@@H](n2ccc(=O)[nH]c2=O)[C@](C)(F)[C@@H]1O)Oc1ccccc1.CC(C)OC(=O)[C@H](C)N[P@](=O)(Oc1ccccc1)Oc1ccc([N+](=O)[O-])cc1.C[C@@]1(F)[C@H](O)[C@@H](CO)O[C@H]1n1ccc(=O)[nH]c1=O. The molecule has 2 saturated heterocycles. The third-order valence-electron chi connectivity index (χ3n) is 11.6. The van der Waals surface area contributed by atoms with Crippen LogP contribution in [0.25, 0.3) is 0 Å². The number of nitro groups is 1. The molecule has 5 aromatic rings. The second-order valence-corrected chi connectivity index (χ2v) is 22.4. The minimum Gasteiger partial charge on any atom is -0.462 e. The van der Waals surface area contributed by atoms with Crippen LogP contribution in [-0.2, 0) is 42.2 Å². The molecule has 7 rings (SSSR count). The lowest BCUT2D eigenvalue weighted by molar-refractivity contribution is -0.384. The number of esters is 2. The minimum absolute atomic E-state index is 0.0711. The molecule has 0 radical (unpaired) electrons. The van der Waals surface area contributed by atoms with Gasteiger partial charge in [0.25, 0.3) is 16.8 Å². The van der Waals surface area contributed by atoms with Crippen molar-refractivity contribution in [3.8, 4) is 17.2 Å². The number of hydrogen-bond donors (Lipinski definition) is 7. The molecule has 2 aromatic heterocycles. The van der Waals surface area contributed by atoms with Gasteiger partial charge >= 0.3 is 38.8 Å². The molecule has 2 fully saturated rings. The van der Waals surface area contributed by atoms with Crippen molar-refractivity contribution in [2.45, 2.75) is 128 Å². The lowest BCUT2D eigenvalue weighted by atomic mass is 9.98. The quantitative estimate of drug-likeness (QED) is 0.0233. The Morgan fingerprint density at radius 3 is 1.41 bits per heavy atom. The summed E-state index contributed by atoms with van der Waals surface area (Å²) in [6.07, 6.45) is -7.57. The fraction of sp³-hybridized carbons (Fsp3) is 0.440. The predicted molar refractivity (Wildman–Crippen MR) is 285 cm³/mol. The first kappa shape index (κ1) is 65.6. The highest BCUT2D eigenvalue weighted by atomic mass is 31.2. The van der Waals surface area contributed by atoms with Gasteiger partial charge in [-0.2, -0.15) is 10.2 Å². The Morgan fingerprint density at radius 1 is 0.659 bits per heavy atom. The number of benzene rings is 3. The van der Waals surface area contributed by atoms with Gasteiger partial charge in [0.2, 0.25) is 0 Å². The fourth-order valence-electron chi connectivity index (χ4n) is 7.53. The summed E-state index contributed by atoms with van der Waals surface area (Å²) in [5.41, 5.74) is -7.98. The highest BCUT2D eigenvalue weighted by molar-refractivity contribution is 7.52. The largest absolute Gasteiger partial charge is 0.513 e. The summed E-state index contributed by atoms with van der Waals surface area (Å²) in [5, 5.41) is 44.9. The molecule has 0 aliphatic carbocycles. The Bertz CT molecular complexity index is 3290. The number of ether oxygens (including phenoxy) is 4. The van der Waals surface area contributed by atoms with E-state index in [1.165, 1.54) is 50.2 Å². The number of aliphatic hydroxyl groups is 3. The molecule has 0 spiro atoms. The fourth-order valence-corrected chi connectivity index (χ4v) is 10.5. The van der Waals surface area contributed by atoms with Crippen molar-refractivity contribution in [1.82, 2.24) is 29.3 Å². The van der Waals surface area contributed by atoms with E-state index in [1.807, 2.05) is 9.97 Å². The first-order valence-electron chi connectivity index (χ1n) is 24.9. The molecule has 448 valence electrons. The number of non-ortho nitro benzene ring substituents is 1. The second kappa shape index (κ2) is 28.2. The first-order valence-corrected chi connectivity index (χ1v) is 28.0. The van der Waals surface area contributed by atoms with Crippen molar-refractivity contribution in [2.75, 3.05) is 13.2 Å². The average molecular weight is 1200 g/mol. The van der Waals surface area contributed by atoms with Crippen molar-refractivity contribution < 1.29 is 84.8 Å². The smallest absolute Gasteiger partial charge is 0.462 e. The first-order chi connectivity index (χ1) is 38.4. The lowest BCUT2D eigenvalue weighted by Gasteiger charge is -2.25. The Morgan fingerprint density at radius 2 is 1.04 bits per heavy atom. The number of aliphatic hydroxyl groups excluding tert-OH is 3. The molecule has 2 aliphatic rings. The standard InChI is InChI=1S/C22H29FN3O9P.C18H21N2O7P.C10H13FN2O5/c1-13(2)33-19(29)14(3)25-36(31,35-15-8-6-5-7-9-15)32-12-16-18(28)22(4,23)20(34-16)26-11-10-17(27)24-21(26)30;1-13(2)25-18(21)14(3)19-28(24,26-16-7-5-4-6-8-16)27-17-11-9-15(10-12-17)20(22)23;1-10(11)7(16)5(4-14)18-8(10)13-3-2-6(15)12-9(13)17/h5-11,13-14,16,18,20,28H,12H2,1-4H3,(H,25,31)(H,24,27,30);4-14H,1-3H3,(H,19,24);2-3,5,7-8,14,16H,4H2,1H3,(H,12,15,17)/t14-,16+,18+,20+,22+,36+;14-,28-;5-,7-,8-,10-/m001/s1. The summed E-state index contributed by atoms with van der Waals surface area (Å²) in [4.78, 5) is 84.4. The summed E-state index contributed by atoms with van der Waals surface area (Å²) in [5.74, 6) is -0.860. The molecule has 4 heterocycles. The van der Waals surface area contributed by atoms with Gasteiger partial charge in [-0.05, 0) is 91.8 Å². The van der Waals surface area contributed by atoms with E-state index in [-0.39, 0.29) is 29.0 Å². The van der Waals surface area contributed by atoms with Crippen molar-refractivity contribution in [3.05, 3.63) is 161 Å². The van der Waals surface area contributed by atoms with E-state index >= 15 is 4.39 Å². The third kappa shape index (κ3) is 17.6. The van der Waals surface area contributed by atoms with Gasteiger partial charge < -0.3 is 47.8 Å². The summed E-state index contributed by atoms with van der Waals surface area (Å²) in [6.45, 7) is 10.4. The molecular formula is C50H63F2N7O21P2. The van der Waals surface area contributed by atoms with Crippen molar-refractivity contribution in [1.29, 1.82) is 0 Å². The summed E-state index contributed by atoms with van der Waals surface area (Å²) in [6, 6.07) is 21.2. The monoisotopic (exact) mass is 1200 g/mol. The number of aromatic nitrogens is 4. The zero-order valence-corrected chi connectivity index (χ0v) is 47.1. The average Bonchev–Trinajstić information content (AvgIpc) is 4.00. The highest BCUT2D eigenvalue weighted by Gasteiger charge is 2.57. The number of nitrogens with zero attached hydrogens (tertiary/aromatic N) is 3. The molecule has 2 aliphatic heterocycles. The number of nitro benzene ring substituents is 1. The number of H-pyrrole nitrogens is 2. The maximum Gasteiger partial charge on any atom is 0.513 e. The molecule has 32 heteroatoms. The summed E-state index contributed by atoms with van der Waals surface area (Å²) < 4.78 is 101. The van der Waals surface area contributed by atoms with E-state index in [2.05, 4.69) is 10.2 Å². The van der Waals surface area contributed by atoms with Crippen LogP contribution < -0.4 is 46.2 Å². The van der Waals surface area contributed by atoms with E-state index in [0.29, 0.717) is 0 Å². The van der Waals surface area contributed by atoms with E-state index in [0.717, 1.165) is 47.5 Å². The van der Waals surface area contributed by atoms with Crippen molar-refractivity contribution in [3.63, 3.8) is 0 Å². The molecule has 0 bridgehead atoms. The normalized spacial score (nSPS) is 24.2. The molecule has 82 heavy (non-hydrogen) atoms. The Hall–Kier alpha value is -7.24.